The Morgan fingerprint density at radius 3 is 2.21 bits per heavy atom. The van der Waals surface area contributed by atoms with Crippen LogP contribution in [0.4, 0.5) is 0 Å². The van der Waals surface area contributed by atoms with Crippen molar-refractivity contribution < 1.29 is 4.74 Å². The third-order valence-corrected chi connectivity index (χ3v) is 4.37. The summed E-state index contributed by atoms with van der Waals surface area (Å²) in [6.07, 6.45) is 11.9. The Labute approximate surface area is 86.4 Å². The Morgan fingerprint density at radius 2 is 1.57 bits per heavy atom. The molecule has 0 unspecified atom stereocenters. The van der Waals surface area contributed by atoms with E-state index in [-0.39, 0.29) is 5.72 Å². The van der Waals surface area contributed by atoms with Gasteiger partial charge in [0.25, 0.3) is 0 Å². The number of rotatable bonds is 0. The molecule has 14 heavy (non-hydrogen) atoms. The SMILES string of the molecule is C1CCC2(CC1)NCCC1(CCC1)O2. The fourth-order valence-corrected chi connectivity index (χ4v) is 3.34. The Hall–Kier alpha value is -0.0800. The molecule has 1 aliphatic heterocycles. The largest absolute Gasteiger partial charge is 0.354 e. The van der Waals surface area contributed by atoms with Gasteiger partial charge in [0, 0.05) is 6.54 Å². The summed E-state index contributed by atoms with van der Waals surface area (Å²) in [7, 11) is 0. The molecule has 1 saturated heterocycles. The Bertz CT molecular complexity index is 211. The molecule has 0 aromatic heterocycles. The third-order valence-electron chi connectivity index (χ3n) is 4.37. The van der Waals surface area contributed by atoms with E-state index in [2.05, 4.69) is 5.32 Å². The molecule has 2 nitrogen and oxygen atoms in total. The molecule has 3 fully saturated rings. The zero-order chi connectivity index (χ0) is 9.49. The zero-order valence-corrected chi connectivity index (χ0v) is 8.98. The van der Waals surface area contributed by atoms with E-state index in [1.807, 2.05) is 0 Å². The lowest BCUT2D eigenvalue weighted by Crippen LogP contribution is -2.62. The van der Waals surface area contributed by atoms with E-state index in [1.165, 1.54) is 64.3 Å². The Kier molecular flexibility index (Phi) is 2.10. The lowest BCUT2D eigenvalue weighted by molar-refractivity contribution is -0.241. The summed E-state index contributed by atoms with van der Waals surface area (Å²) < 4.78 is 6.43. The summed E-state index contributed by atoms with van der Waals surface area (Å²) in [5.74, 6) is 0. The molecule has 0 aromatic carbocycles. The van der Waals surface area contributed by atoms with Crippen molar-refractivity contribution in [2.75, 3.05) is 6.54 Å². The van der Waals surface area contributed by atoms with Crippen molar-refractivity contribution in [3.63, 3.8) is 0 Å². The molecule has 2 spiro atoms. The summed E-state index contributed by atoms with van der Waals surface area (Å²) >= 11 is 0. The molecule has 3 rings (SSSR count). The molecule has 1 heterocycles. The predicted octanol–water partition coefficient (Wildman–Crippen LogP) is 2.58. The quantitative estimate of drug-likeness (QED) is 0.641. The van der Waals surface area contributed by atoms with Crippen molar-refractivity contribution in [2.24, 2.45) is 0 Å². The van der Waals surface area contributed by atoms with Crippen LogP contribution in [0.5, 0.6) is 0 Å². The van der Waals surface area contributed by atoms with E-state index < -0.39 is 0 Å². The Morgan fingerprint density at radius 1 is 0.786 bits per heavy atom. The van der Waals surface area contributed by atoms with Gasteiger partial charge in [-0.1, -0.05) is 6.42 Å². The molecule has 2 aliphatic carbocycles. The minimum absolute atomic E-state index is 0.0942. The van der Waals surface area contributed by atoms with Crippen molar-refractivity contribution in [2.45, 2.75) is 69.1 Å². The molecule has 0 aromatic rings. The molecule has 2 heteroatoms. The lowest BCUT2D eigenvalue weighted by Gasteiger charge is -2.54. The maximum absolute atomic E-state index is 6.43. The second-order valence-corrected chi connectivity index (χ2v) is 5.37. The van der Waals surface area contributed by atoms with Crippen LogP contribution in [0.1, 0.15) is 57.8 Å². The standard InChI is InChI=1S/C12H21NO/c1-2-7-12(8-3-1)13-10-9-11(14-12)5-4-6-11/h13H,1-10H2. The summed E-state index contributed by atoms with van der Waals surface area (Å²) in [6.45, 7) is 1.18. The number of nitrogens with one attached hydrogen (secondary N) is 1. The van der Waals surface area contributed by atoms with Gasteiger partial charge in [0.1, 0.15) is 5.72 Å². The molecular formula is C12H21NO. The first kappa shape index (κ1) is 9.17. The minimum atomic E-state index is 0.0942. The van der Waals surface area contributed by atoms with Crippen molar-refractivity contribution in [3.05, 3.63) is 0 Å². The van der Waals surface area contributed by atoms with E-state index in [4.69, 9.17) is 4.74 Å². The van der Waals surface area contributed by atoms with Gasteiger partial charge >= 0.3 is 0 Å². The second-order valence-electron chi connectivity index (χ2n) is 5.37. The van der Waals surface area contributed by atoms with E-state index in [1.54, 1.807) is 0 Å². The van der Waals surface area contributed by atoms with Crippen LogP contribution in [0.15, 0.2) is 0 Å². The summed E-state index contributed by atoms with van der Waals surface area (Å²) in [4.78, 5) is 0. The molecule has 2 saturated carbocycles. The fraction of sp³-hybridized carbons (Fsp3) is 1.00. The maximum Gasteiger partial charge on any atom is 0.119 e. The van der Waals surface area contributed by atoms with Gasteiger partial charge in [-0.15, -0.1) is 0 Å². The van der Waals surface area contributed by atoms with Crippen molar-refractivity contribution >= 4 is 0 Å². The minimum Gasteiger partial charge on any atom is -0.354 e. The fourth-order valence-electron chi connectivity index (χ4n) is 3.34. The van der Waals surface area contributed by atoms with Gasteiger partial charge in [-0.25, -0.2) is 0 Å². The zero-order valence-electron chi connectivity index (χ0n) is 8.98. The highest BCUT2D eigenvalue weighted by Gasteiger charge is 2.48. The van der Waals surface area contributed by atoms with Crippen LogP contribution in [-0.4, -0.2) is 17.9 Å². The van der Waals surface area contributed by atoms with E-state index in [0.29, 0.717) is 5.60 Å². The first-order valence-corrected chi connectivity index (χ1v) is 6.28. The van der Waals surface area contributed by atoms with Gasteiger partial charge in [-0.2, -0.15) is 0 Å². The summed E-state index contributed by atoms with van der Waals surface area (Å²) in [6, 6.07) is 0. The molecule has 80 valence electrons. The maximum atomic E-state index is 6.43. The molecular weight excluding hydrogens is 174 g/mol. The topological polar surface area (TPSA) is 21.3 Å². The second kappa shape index (κ2) is 3.21. The molecule has 0 amide bonds. The van der Waals surface area contributed by atoms with E-state index in [9.17, 15) is 0 Å². The highest BCUT2D eigenvalue weighted by Crippen LogP contribution is 2.46. The average Bonchev–Trinajstić information content (AvgIpc) is 2.17. The number of hydrogen-bond acceptors (Lipinski definition) is 2. The van der Waals surface area contributed by atoms with Gasteiger partial charge in [0.2, 0.25) is 0 Å². The van der Waals surface area contributed by atoms with Crippen LogP contribution >= 0.6 is 0 Å². The molecule has 0 atom stereocenters. The van der Waals surface area contributed by atoms with Crippen LogP contribution in [0.2, 0.25) is 0 Å². The first-order valence-electron chi connectivity index (χ1n) is 6.28. The lowest BCUT2D eigenvalue weighted by atomic mass is 9.75. The van der Waals surface area contributed by atoms with Gasteiger partial charge in [0.15, 0.2) is 0 Å². The van der Waals surface area contributed by atoms with Crippen LogP contribution in [0.25, 0.3) is 0 Å². The number of hydrogen-bond donors (Lipinski definition) is 1. The summed E-state index contributed by atoms with van der Waals surface area (Å²) in [5.41, 5.74) is 0.402. The van der Waals surface area contributed by atoms with Gasteiger partial charge < -0.3 is 4.74 Å². The van der Waals surface area contributed by atoms with Crippen molar-refractivity contribution in [1.82, 2.24) is 5.32 Å². The van der Waals surface area contributed by atoms with Crippen LogP contribution in [0.3, 0.4) is 0 Å². The summed E-state index contributed by atoms with van der Waals surface area (Å²) in [5, 5.41) is 3.64. The van der Waals surface area contributed by atoms with Gasteiger partial charge in [-0.05, 0) is 51.4 Å². The third kappa shape index (κ3) is 1.40. The highest BCUT2D eigenvalue weighted by atomic mass is 16.5. The van der Waals surface area contributed by atoms with Crippen LogP contribution in [-0.2, 0) is 4.74 Å². The normalized spacial score (nSPS) is 34.3. The number of ether oxygens (including phenoxy) is 1. The van der Waals surface area contributed by atoms with Crippen LogP contribution in [0, 0.1) is 0 Å². The van der Waals surface area contributed by atoms with Gasteiger partial charge in [0.05, 0.1) is 5.60 Å². The molecule has 3 aliphatic rings. The van der Waals surface area contributed by atoms with E-state index >= 15 is 0 Å². The van der Waals surface area contributed by atoms with Gasteiger partial charge in [-0.3, -0.25) is 5.32 Å². The molecule has 0 radical (unpaired) electrons. The predicted molar refractivity (Wildman–Crippen MR) is 56.1 cm³/mol. The monoisotopic (exact) mass is 195 g/mol. The van der Waals surface area contributed by atoms with Crippen molar-refractivity contribution in [3.8, 4) is 0 Å². The highest BCUT2D eigenvalue weighted by molar-refractivity contribution is 4.98. The van der Waals surface area contributed by atoms with Crippen LogP contribution < -0.4 is 5.32 Å². The average molecular weight is 195 g/mol. The van der Waals surface area contributed by atoms with E-state index in [0.717, 1.165) is 0 Å². The first-order chi connectivity index (χ1) is 6.83. The van der Waals surface area contributed by atoms with Crippen molar-refractivity contribution in [1.29, 1.82) is 0 Å². The smallest absolute Gasteiger partial charge is 0.119 e. The molecule has 0 bridgehead atoms. The Balaban J connectivity index is 1.73. The molecule has 1 N–H and O–H groups in total.